The summed E-state index contributed by atoms with van der Waals surface area (Å²) in [5.41, 5.74) is -0.457. The van der Waals surface area contributed by atoms with E-state index >= 15 is 0 Å². The molecule has 2 amide bonds. The summed E-state index contributed by atoms with van der Waals surface area (Å²) in [7, 11) is 0. The fourth-order valence-corrected chi connectivity index (χ4v) is 6.39. The van der Waals surface area contributed by atoms with Crippen molar-refractivity contribution in [3.63, 3.8) is 0 Å². The summed E-state index contributed by atoms with van der Waals surface area (Å²) in [6.45, 7) is 2.54. The van der Waals surface area contributed by atoms with Crippen LogP contribution in [0.1, 0.15) is 39.2 Å². The second kappa shape index (κ2) is 10.8. The molecule has 1 atom stereocenters. The van der Waals surface area contributed by atoms with Crippen molar-refractivity contribution < 1.29 is 19.5 Å². The lowest BCUT2D eigenvalue weighted by Crippen LogP contribution is -2.53. The molecule has 1 aromatic heterocycles. The van der Waals surface area contributed by atoms with Gasteiger partial charge in [0.15, 0.2) is 11.4 Å². The summed E-state index contributed by atoms with van der Waals surface area (Å²) < 4.78 is 0.984. The molecule has 38 heavy (non-hydrogen) atoms. The average molecular weight is 547 g/mol. The molecule has 8 heteroatoms. The molecule has 4 aromatic rings. The Labute approximate surface area is 229 Å². The standard InChI is InChI=1S/C30H27ClN2O4S/c1-19-23-17-22(31)14-15-26(23)38-27(19)25(34)18-33-16-8-13-24(33)28(35)32-29(36)30(37,20-9-4-2-5-10-20)21-11-6-3-7-12-21/h2-7,9-12,14-15,17,24,37H,8,13,16,18H2,1H3,(H,32,35,36)/t24-/m0/s1. The fourth-order valence-electron chi connectivity index (χ4n) is 5.10. The minimum atomic E-state index is -2.05. The number of rotatable bonds is 7. The number of carbonyl (C=O) groups is 3. The molecule has 0 bridgehead atoms. The van der Waals surface area contributed by atoms with Crippen LogP contribution in [0.25, 0.3) is 10.1 Å². The van der Waals surface area contributed by atoms with Gasteiger partial charge in [-0.05, 0) is 66.6 Å². The van der Waals surface area contributed by atoms with Crippen molar-refractivity contribution >= 4 is 50.6 Å². The first kappa shape index (κ1) is 26.3. The molecule has 1 saturated heterocycles. The van der Waals surface area contributed by atoms with Crippen LogP contribution in [0.3, 0.4) is 0 Å². The van der Waals surface area contributed by atoms with Crippen molar-refractivity contribution in [2.75, 3.05) is 13.1 Å². The summed E-state index contributed by atoms with van der Waals surface area (Å²) in [6, 6.07) is 22.0. The van der Waals surface area contributed by atoms with Crippen LogP contribution in [0, 0.1) is 6.92 Å². The van der Waals surface area contributed by atoms with E-state index in [9.17, 15) is 19.5 Å². The third-order valence-electron chi connectivity index (χ3n) is 7.11. The molecule has 2 N–H and O–H groups in total. The molecule has 2 heterocycles. The van der Waals surface area contributed by atoms with E-state index in [1.54, 1.807) is 66.7 Å². The molecule has 1 fully saturated rings. The van der Waals surface area contributed by atoms with Crippen molar-refractivity contribution in [1.29, 1.82) is 0 Å². The fraction of sp³-hybridized carbons (Fsp3) is 0.233. The Kier molecular flexibility index (Phi) is 7.45. The zero-order valence-corrected chi connectivity index (χ0v) is 22.4. The number of imide groups is 1. The number of aliphatic hydroxyl groups is 1. The van der Waals surface area contributed by atoms with Gasteiger partial charge in [0.1, 0.15) is 0 Å². The predicted octanol–water partition coefficient (Wildman–Crippen LogP) is 5.09. The number of carbonyl (C=O) groups excluding carboxylic acids is 3. The molecule has 3 aromatic carbocycles. The summed E-state index contributed by atoms with van der Waals surface area (Å²) in [6.07, 6.45) is 1.24. The SMILES string of the molecule is Cc1c(C(=O)CN2CCC[C@H]2C(=O)NC(=O)C(O)(c2ccccc2)c2ccccc2)sc2ccc(Cl)cc12. The van der Waals surface area contributed by atoms with Crippen LogP contribution < -0.4 is 5.32 Å². The molecule has 6 nitrogen and oxygen atoms in total. The van der Waals surface area contributed by atoms with Gasteiger partial charge in [-0.15, -0.1) is 11.3 Å². The number of fused-ring (bicyclic) bond motifs is 1. The molecule has 1 aliphatic heterocycles. The second-order valence-corrected chi connectivity index (χ2v) is 11.0. The first-order chi connectivity index (χ1) is 18.3. The molecule has 1 aliphatic rings. The summed E-state index contributed by atoms with van der Waals surface area (Å²) in [5, 5.41) is 15.7. The van der Waals surface area contributed by atoms with Gasteiger partial charge in [0.2, 0.25) is 5.91 Å². The largest absolute Gasteiger partial charge is 0.372 e. The van der Waals surface area contributed by atoms with E-state index in [0.717, 1.165) is 22.1 Å². The molecular weight excluding hydrogens is 520 g/mol. The smallest absolute Gasteiger partial charge is 0.267 e. The van der Waals surface area contributed by atoms with E-state index in [4.69, 9.17) is 11.6 Å². The van der Waals surface area contributed by atoms with E-state index in [1.165, 1.54) is 11.3 Å². The topological polar surface area (TPSA) is 86.7 Å². The summed E-state index contributed by atoms with van der Waals surface area (Å²) in [5.74, 6) is -1.42. The number of nitrogens with zero attached hydrogens (tertiary/aromatic N) is 1. The number of nitrogens with one attached hydrogen (secondary N) is 1. The number of ketones is 1. The lowest BCUT2D eigenvalue weighted by atomic mass is 9.85. The maximum absolute atomic E-state index is 13.5. The summed E-state index contributed by atoms with van der Waals surface area (Å²) >= 11 is 7.56. The first-order valence-corrected chi connectivity index (χ1v) is 13.6. The third-order valence-corrected chi connectivity index (χ3v) is 8.66. The quantitative estimate of drug-likeness (QED) is 0.315. The number of thiophene rings is 1. The molecule has 0 saturated carbocycles. The van der Waals surface area contributed by atoms with Crippen LogP contribution in [0.4, 0.5) is 0 Å². The number of aryl methyl sites for hydroxylation is 1. The van der Waals surface area contributed by atoms with Crippen molar-refractivity contribution in [1.82, 2.24) is 10.2 Å². The van der Waals surface area contributed by atoms with E-state index in [2.05, 4.69) is 5.32 Å². The van der Waals surface area contributed by atoms with Gasteiger partial charge in [-0.3, -0.25) is 24.6 Å². The van der Waals surface area contributed by atoms with Gasteiger partial charge in [0, 0.05) is 9.72 Å². The monoisotopic (exact) mass is 546 g/mol. The molecule has 0 aliphatic carbocycles. The van der Waals surface area contributed by atoms with Gasteiger partial charge in [-0.25, -0.2) is 0 Å². The maximum Gasteiger partial charge on any atom is 0.267 e. The average Bonchev–Trinajstić information content (AvgIpc) is 3.53. The van der Waals surface area contributed by atoms with Crippen LogP contribution in [-0.2, 0) is 15.2 Å². The maximum atomic E-state index is 13.5. The highest BCUT2D eigenvalue weighted by molar-refractivity contribution is 7.21. The van der Waals surface area contributed by atoms with Crippen molar-refractivity contribution in [3.05, 3.63) is 105 Å². The second-order valence-electron chi connectivity index (χ2n) is 9.51. The van der Waals surface area contributed by atoms with Crippen LogP contribution in [-0.4, -0.2) is 46.7 Å². The number of hydrogen-bond acceptors (Lipinski definition) is 6. The highest BCUT2D eigenvalue weighted by Crippen LogP contribution is 2.34. The number of Topliss-reactive ketones (excluding diaryl/α,β-unsaturated/α-hetero) is 1. The van der Waals surface area contributed by atoms with Crippen LogP contribution >= 0.6 is 22.9 Å². The highest BCUT2D eigenvalue weighted by atomic mass is 35.5. The molecule has 0 radical (unpaired) electrons. The minimum Gasteiger partial charge on any atom is -0.372 e. The van der Waals surface area contributed by atoms with Gasteiger partial charge < -0.3 is 5.11 Å². The Balaban J connectivity index is 1.34. The Morgan fingerprint density at radius 1 is 1.03 bits per heavy atom. The van der Waals surface area contributed by atoms with E-state index < -0.39 is 23.5 Å². The van der Waals surface area contributed by atoms with Crippen molar-refractivity contribution in [2.24, 2.45) is 0 Å². The van der Waals surface area contributed by atoms with Gasteiger partial charge in [-0.2, -0.15) is 0 Å². The number of amides is 2. The predicted molar refractivity (Wildman–Crippen MR) is 150 cm³/mol. The Morgan fingerprint density at radius 2 is 1.66 bits per heavy atom. The van der Waals surface area contributed by atoms with Gasteiger partial charge in [0.25, 0.3) is 5.91 Å². The van der Waals surface area contributed by atoms with E-state index in [-0.39, 0.29) is 12.3 Å². The summed E-state index contributed by atoms with van der Waals surface area (Å²) in [4.78, 5) is 42.6. The molecule has 194 valence electrons. The normalized spacial score (nSPS) is 16.0. The van der Waals surface area contributed by atoms with Crippen LogP contribution in [0.2, 0.25) is 5.02 Å². The zero-order chi connectivity index (χ0) is 26.9. The lowest BCUT2D eigenvalue weighted by Gasteiger charge is -2.29. The highest BCUT2D eigenvalue weighted by Gasteiger charge is 2.42. The van der Waals surface area contributed by atoms with Gasteiger partial charge in [-0.1, -0.05) is 72.3 Å². The Bertz CT molecular complexity index is 1460. The minimum absolute atomic E-state index is 0.0648. The van der Waals surface area contributed by atoms with Crippen molar-refractivity contribution in [2.45, 2.75) is 31.4 Å². The number of hydrogen-bond donors (Lipinski definition) is 2. The first-order valence-electron chi connectivity index (χ1n) is 12.4. The Hall–Kier alpha value is -3.36. The number of halogens is 1. The number of likely N-dealkylation sites (tertiary alicyclic amines) is 1. The van der Waals surface area contributed by atoms with E-state index in [0.29, 0.717) is 34.0 Å². The van der Waals surface area contributed by atoms with Crippen LogP contribution in [0.5, 0.6) is 0 Å². The Morgan fingerprint density at radius 3 is 2.29 bits per heavy atom. The van der Waals surface area contributed by atoms with Gasteiger partial charge in [0.05, 0.1) is 17.5 Å². The van der Waals surface area contributed by atoms with Gasteiger partial charge >= 0.3 is 0 Å². The molecule has 0 spiro atoms. The molecule has 5 rings (SSSR count). The molecular formula is C30H27ClN2O4S. The zero-order valence-electron chi connectivity index (χ0n) is 20.8. The third kappa shape index (κ3) is 4.90. The van der Waals surface area contributed by atoms with Crippen LogP contribution in [0.15, 0.2) is 78.9 Å². The van der Waals surface area contributed by atoms with Crippen molar-refractivity contribution in [3.8, 4) is 0 Å². The van der Waals surface area contributed by atoms with E-state index in [1.807, 2.05) is 24.0 Å². The number of benzene rings is 3. The lowest BCUT2D eigenvalue weighted by molar-refractivity contribution is -0.142. The molecule has 0 unspecified atom stereocenters.